The van der Waals surface area contributed by atoms with E-state index in [0.29, 0.717) is 0 Å². The number of piperidine rings is 1. The minimum Gasteiger partial charge on any atom is -0.383 e. The van der Waals surface area contributed by atoms with Crippen LogP contribution in [0.2, 0.25) is 0 Å². The Bertz CT molecular complexity index is 287. The van der Waals surface area contributed by atoms with E-state index in [1.807, 2.05) is 0 Å². The molecule has 0 spiro atoms. The molecule has 0 aromatic heterocycles. The zero-order valence-corrected chi connectivity index (χ0v) is 12.2. The normalized spacial score (nSPS) is 24.6. The number of carbonyl (C=O) groups is 1. The monoisotopic (exact) mass is 257 g/mol. The summed E-state index contributed by atoms with van der Waals surface area (Å²) in [5, 5.41) is 6.61. The van der Waals surface area contributed by atoms with E-state index in [-0.39, 0.29) is 29.6 Å². The Balaban J connectivity index is 2.59. The maximum absolute atomic E-state index is 11.9. The van der Waals surface area contributed by atoms with Crippen molar-refractivity contribution in [3.05, 3.63) is 0 Å². The number of nitrogens with one attached hydrogen (secondary N) is 2. The first-order chi connectivity index (χ1) is 8.15. The molecule has 1 amide bonds. The molecule has 1 aliphatic heterocycles. The quantitative estimate of drug-likeness (QED) is 0.681. The molecule has 1 unspecified atom stereocenters. The van der Waals surface area contributed by atoms with E-state index in [9.17, 15) is 4.79 Å². The molecule has 1 rings (SSSR count). The molecule has 0 radical (unpaired) electrons. The molecule has 5 nitrogen and oxygen atoms in total. The van der Waals surface area contributed by atoms with Gasteiger partial charge in [-0.1, -0.05) is 0 Å². The van der Waals surface area contributed by atoms with Crippen LogP contribution >= 0.6 is 0 Å². The average molecular weight is 257 g/mol. The molecule has 1 aliphatic rings. The molecule has 106 valence electrons. The van der Waals surface area contributed by atoms with E-state index in [2.05, 4.69) is 38.3 Å². The number of rotatable bonds is 4. The highest BCUT2D eigenvalue weighted by atomic mass is 16.5. The zero-order valence-electron chi connectivity index (χ0n) is 12.2. The Kier molecular flexibility index (Phi) is 4.75. The highest BCUT2D eigenvalue weighted by molar-refractivity contribution is 5.81. The van der Waals surface area contributed by atoms with Crippen LogP contribution in [-0.4, -0.2) is 42.8 Å². The van der Waals surface area contributed by atoms with Gasteiger partial charge in [0.1, 0.15) is 6.04 Å². The van der Waals surface area contributed by atoms with Gasteiger partial charge < -0.3 is 21.1 Å². The van der Waals surface area contributed by atoms with E-state index in [0.717, 1.165) is 12.8 Å². The summed E-state index contributed by atoms with van der Waals surface area (Å²) in [6.45, 7) is 8.87. The van der Waals surface area contributed by atoms with Gasteiger partial charge in [-0.3, -0.25) is 4.79 Å². The van der Waals surface area contributed by atoms with Crippen molar-refractivity contribution < 1.29 is 9.53 Å². The molecule has 0 aromatic rings. The molecule has 1 atom stereocenters. The molecule has 4 N–H and O–H groups in total. The van der Waals surface area contributed by atoms with Crippen molar-refractivity contribution in [1.29, 1.82) is 0 Å². The molecular formula is C13H27N3O2. The van der Waals surface area contributed by atoms with Gasteiger partial charge in [0.05, 0.1) is 6.61 Å². The fourth-order valence-corrected chi connectivity index (χ4v) is 2.99. The molecular weight excluding hydrogens is 230 g/mol. The molecule has 0 aliphatic carbocycles. The molecule has 1 fully saturated rings. The number of ether oxygens (including phenoxy) is 1. The largest absolute Gasteiger partial charge is 0.383 e. The van der Waals surface area contributed by atoms with E-state index < -0.39 is 6.04 Å². The second-order valence-corrected chi connectivity index (χ2v) is 6.57. The number of carbonyl (C=O) groups excluding carboxylic acids is 1. The summed E-state index contributed by atoms with van der Waals surface area (Å²) < 4.78 is 4.90. The molecule has 1 saturated heterocycles. The van der Waals surface area contributed by atoms with Crippen molar-refractivity contribution in [3.63, 3.8) is 0 Å². The summed E-state index contributed by atoms with van der Waals surface area (Å²) in [5.74, 6) is -0.129. The van der Waals surface area contributed by atoms with E-state index >= 15 is 0 Å². The number of nitrogens with two attached hydrogens (primary N) is 1. The Labute approximate surface area is 110 Å². The molecule has 0 bridgehead atoms. The van der Waals surface area contributed by atoms with Crippen LogP contribution < -0.4 is 16.4 Å². The van der Waals surface area contributed by atoms with Gasteiger partial charge in [-0.05, 0) is 40.5 Å². The van der Waals surface area contributed by atoms with Gasteiger partial charge in [-0.25, -0.2) is 0 Å². The molecule has 0 saturated carbocycles. The maximum atomic E-state index is 11.9. The number of amides is 1. The van der Waals surface area contributed by atoms with Crippen molar-refractivity contribution in [2.45, 2.75) is 63.7 Å². The lowest BCUT2D eigenvalue weighted by atomic mass is 9.79. The minimum atomic E-state index is -0.587. The van der Waals surface area contributed by atoms with Crippen molar-refractivity contribution in [1.82, 2.24) is 10.6 Å². The first-order valence-electron chi connectivity index (χ1n) is 6.49. The minimum absolute atomic E-state index is 0.0189. The second kappa shape index (κ2) is 5.55. The van der Waals surface area contributed by atoms with Crippen LogP contribution in [0.25, 0.3) is 0 Å². The summed E-state index contributed by atoms with van der Waals surface area (Å²) in [5.41, 5.74) is 5.77. The Morgan fingerprint density at radius 2 is 1.89 bits per heavy atom. The topological polar surface area (TPSA) is 76.4 Å². The maximum Gasteiger partial charge on any atom is 0.239 e. The summed E-state index contributed by atoms with van der Waals surface area (Å²) >= 11 is 0. The lowest BCUT2D eigenvalue weighted by molar-refractivity contribution is -0.124. The standard InChI is InChI=1S/C13H27N3O2/c1-12(2)6-9(7-13(3,4)16-12)15-11(17)10(14)8-18-5/h9-10,16H,6-8,14H2,1-5H3,(H,15,17). The van der Waals surface area contributed by atoms with Crippen LogP contribution in [-0.2, 0) is 9.53 Å². The first kappa shape index (κ1) is 15.4. The van der Waals surface area contributed by atoms with Crippen LogP contribution in [0.3, 0.4) is 0 Å². The lowest BCUT2D eigenvalue weighted by Crippen LogP contribution is -2.63. The third kappa shape index (κ3) is 4.55. The summed E-state index contributed by atoms with van der Waals surface area (Å²) in [4.78, 5) is 11.9. The predicted molar refractivity (Wildman–Crippen MR) is 72.3 cm³/mol. The molecule has 18 heavy (non-hydrogen) atoms. The van der Waals surface area contributed by atoms with Gasteiger partial charge in [-0.2, -0.15) is 0 Å². The summed E-state index contributed by atoms with van der Waals surface area (Å²) in [6.07, 6.45) is 1.81. The van der Waals surface area contributed by atoms with Crippen LogP contribution in [0.5, 0.6) is 0 Å². The Hall–Kier alpha value is -0.650. The number of hydrogen-bond acceptors (Lipinski definition) is 4. The van der Waals surface area contributed by atoms with E-state index in [4.69, 9.17) is 10.5 Å². The van der Waals surface area contributed by atoms with E-state index in [1.165, 1.54) is 0 Å². The van der Waals surface area contributed by atoms with Crippen molar-refractivity contribution in [2.24, 2.45) is 5.73 Å². The van der Waals surface area contributed by atoms with Crippen molar-refractivity contribution >= 4 is 5.91 Å². The molecule has 1 heterocycles. The van der Waals surface area contributed by atoms with Crippen molar-refractivity contribution in [2.75, 3.05) is 13.7 Å². The highest BCUT2D eigenvalue weighted by Crippen LogP contribution is 2.28. The number of hydrogen-bond donors (Lipinski definition) is 3. The number of methoxy groups -OCH3 is 1. The van der Waals surface area contributed by atoms with E-state index in [1.54, 1.807) is 7.11 Å². The second-order valence-electron chi connectivity index (χ2n) is 6.57. The van der Waals surface area contributed by atoms with Crippen LogP contribution in [0.15, 0.2) is 0 Å². The van der Waals surface area contributed by atoms with Gasteiger partial charge in [0.15, 0.2) is 0 Å². The highest BCUT2D eigenvalue weighted by Gasteiger charge is 2.38. The Morgan fingerprint density at radius 1 is 1.39 bits per heavy atom. The lowest BCUT2D eigenvalue weighted by Gasteiger charge is -2.46. The molecule has 0 aromatic carbocycles. The van der Waals surface area contributed by atoms with Gasteiger partial charge >= 0.3 is 0 Å². The smallest absolute Gasteiger partial charge is 0.239 e. The predicted octanol–water partition coefficient (Wildman–Crippen LogP) is 0.386. The van der Waals surface area contributed by atoms with Crippen LogP contribution in [0.4, 0.5) is 0 Å². The van der Waals surface area contributed by atoms with Gasteiger partial charge in [0.2, 0.25) is 5.91 Å². The SMILES string of the molecule is COCC(N)C(=O)NC1CC(C)(C)NC(C)(C)C1. The Morgan fingerprint density at radius 3 is 2.33 bits per heavy atom. The van der Waals surface area contributed by atoms with Gasteiger partial charge in [-0.15, -0.1) is 0 Å². The van der Waals surface area contributed by atoms with Crippen LogP contribution in [0.1, 0.15) is 40.5 Å². The fourth-order valence-electron chi connectivity index (χ4n) is 2.99. The zero-order chi connectivity index (χ0) is 14.0. The fraction of sp³-hybridized carbons (Fsp3) is 0.923. The van der Waals surface area contributed by atoms with Gasteiger partial charge in [0.25, 0.3) is 0 Å². The van der Waals surface area contributed by atoms with Crippen molar-refractivity contribution in [3.8, 4) is 0 Å². The summed E-state index contributed by atoms with van der Waals surface area (Å²) in [7, 11) is 1.55. The van der Waals surface area contributed by atoms with Crippen LogP contribution in [0, 0.1) is 0 Å². The third-order valence-corrected chi connectivity index (χ3v) is 3.22. The average Bonchev–Trinajstić information content (AvgIpc) is 2.12. The molecule has 5 heteroatoms. The van der Waals surface area contributed by atoms with Gasteiger partial charge in [0, 0.05) is 24.2 Å². The summed E-state index contributed by atoms with van der Waals surface area (Å²) in [6, 6.07) is -0.428. The third-order valence-electron chi connectivity index (χ3n) is 3.22. The first-order valence-corrected chi connectivity index (χ1v) is 6.49.